The highest BCUT2D eigenvalue weighted by molar-refractivity contribution is 5.94. The molecule has 0 spiro atoms. The average Bonchev–Trinajstić information content (AvgIpc) is 2.79. The summed E-state index contributed by atoms with van der Waals surface area (Å²) in [7, 11) is 3.77. The fourth-order valence-electron chi connectivity index (χ4n) is 3.72. The van der Waals surface area contributed by atoms with Crippen LogP contribution >= 0.6 is 0 Å². The minimum Gasteiger partial charge on any atom is -0.493 e. The van der Waals surface area contributed by atoms with Crippen molar-refractivity contribution in [1.29, 1.82) is 0 Å². The first kappa shape index (κ1) is 24.1. The summed E-state index contributed by atoms with van der Waals surface area (Å²) in [5.74, 6) is 1.70. The quantitative estimate of drug-likeness (QED) is 0.610. The molecule has 174 valence electrons. The summed E-state index contributed by atoms with van der Waals surface area (Å²) in [5.41, 5.74) is 2.95. The first-order chi connectivity index (χ1) is 15.4. The Labute approximate surface area is 192 Å². The summed E-state index contributed by atoms with van der Waals surface area (Å²) >= 11 is 0. The highest BCUT2D eigenvalue weighted by atomic mass is 16.5. The first-order valence-electron chi connectivity index (χ1n) is 11.5. The fourth-order valence-corrected chi connectivity index (χ4v) is 3.72. The van der Waals surface area contributed by atoms with Crippen molar-refractivity contribution < 1.29 is 14.3 Å². The monoisotopic (exact) mass is 439 g/mol. The van der Waals surface area contributed by atoms with E-state index in [-0.39, 0.29) is 5.91 Å². The zero-order valence-corrected chi connectivity index (χ0v) is 19.9. The van der Waals surface area contributed by atoms with Crippen molar-refractivity contribution in [3.05, 3.63) is 59.2 Å². The Morgan fingerprint density at radius 1 is 1.03 bits per heavy atom. The number of carbonyl (C=O) groups is 1. The lowest BCUT2D eigenvalue weighted by Crippen LogP contribution is -2.43. The van der Waals surface area contributed by atoms with E-state index in [0.29, 0.717) is 36.1 Å². The summed E-state index contributed by atoms with van der Waals surface area (Å²) < 4.78 is 11.3. The number of benzene rings is 2. The SMILES string of the molecule is COc1cc(C(=O)NCc2cccc(CN3CCN(C)CC3)c2)ccc1OCCC(C)C. The Kier molecular flexibility index (Phi) is 8.94. The lowest BCUT2D eigenvalue weighted by atomic mass is 10.1. The third-order valence-electron chi connectivity index (χ3n) is 5.83. The molecule has 1 amide bonds. The topological polar surface area (TPSA) is 54.0 Å². The molecule has 1 saturated heterocycles. The molecule has 32 heavy (non-hydrogen) atoms. The molecule has 6 nitrogen and oxygen atoms in total. The van der Waals surface area contributed by atoms with Gasteiger partial charge in [0.05, 0.1) is 13.7 Å². The second-order valence-corrected chi connectivity index (χ2v) is 8.98. The lowest BCUT2D eigenvalue weighted by Gasteiger charge is -2.32. The Bertz CT molecular complexity index is 876. The van der Waals surface area contributed by atoms with Gasteiger partial charge in [0, 0.05) is 44.8 Å². The van der Waals surface area contributed by atoms with E-state index >= 15 is 0 Å². The summed E-state index contributed by atoms with van der Waals surface area (Å²) in [6.07, 6.45) is 0.971. The van der Waals surface area contributed by atoms with Gasteiger partial charge >= 0.3 is 0 Å². The molecule has 1 aliphatic heterocycles. The van der Waals surface area contributed by atoms with Crippen molar-refractivity contribution in [2.75, 3.05) is 46.9 Å². The molecule has 0 aromatic heterocycles. The molecular formula is C26H37N3O3. The van der Waals surface area contributed by atoms with Crippen LogP contribution in [0.25, 0.3) is 0 Å². The van der Waals surface area contributed by atoms with Crippen molar-refractivity contribution in [2.24, 2.45) is 5.92 Å². The largest absolute Gasteiger partial charge is 0.493 e. The van der Waals surface area contributed by atoms with Gasteiger partial charge in [0.1, 0.15) is 0 Å². The Hall–Kier alpha value is -2.57. The molecule has 0 atom stereocenters. The summed E-state index contributed by atoms with van der Waals surface area (Å²) in [4.78, 5) is 17.6. The van der Waals surface area contributed by atoms with E-state index in [4.69, 9.17) is 9.47 Å². The number of ether oxygens (including phenoxy) is 2. The van der Waals surface area contributed by atoms with Crippen molar-refractivity contribution in [3.63, 3.8) is 0 Å². The van der Waals surface area contributed by atoms with Crippen LogP contribution in [0, 0.1) is 5.92 Å². The Balaban J connectivity index is 1.54. The van der Waals surface area contributed by atoms with Gasteiger partial charge in [-0.25, -0.2) is 0 Å². The van der Waals surface area contributed by atoms with E-state index < -0.39 is 0 Å². The van der Waals surface area contributed by atoms with Gasteiger partial charge in [-0.1, -0.05) is 38.1 Å². The van der Waals surface area contributed by atoms with Crippen LogP contribution in [-0.4, -0.2) is 62.7 Å². The fraction of sp³-hybridized carbons (Fsp3) is 0.500. The Morgan fingerprint density at radius 2 is 1.78 bits per heavy atom. The van der Waals surface area contributed by atoms with Crippen molar-refractivity contribution >= 4 is 5.91 Å². The summed E-state index contributed by atoms with van der Waals surface area (Å²) in [5, 5.41) is 3.03. The standard InChI is InChI=1S/C26H37N3O3/c1-20(2)10-15-32-24-9-8-23(17-25(24)31-4)26(30)27-18-21-6-5-7-22(16-21)19-29-13-11-28(3)12-14-29/h5-9,16-17,20H,10-15,18-19H2,1-4H3,(H,27,30). The molecule has 1 aliphatic rings. The van der Waals surface area contributed by atoms with Gasteiger partial charge in [-0.2, -0.15) is 0 Å². The molecule has 2 aromatic carbocycles. The molecule has 0 saturated carbocycles. The van der Waals surface area contributed by atoms with Crippen LogP contribution in [0.2, 0.25) is 0 Å². The van der Waals surface area contributed by atoms with E-state index in [0.717, 1.165) is 44.7 Å². The van der Waals surface area contributed by atoms with Crippen LogP contribution in [0.4, 0.5) is 0 Å². The van der Waals surface area contributed by atoms with Crippen LogP contribution in [0.15, 0.2) is 42.5 Å². The third kappa shape index (κ3) is 7.24. The number of nitrogens with one attached hydrogen (secondary N) is 1. The first-order valence-corrected chi connectivity index (χ1v) is 11.5. The normalized spacial score (nSPS) is 15.0. The van der Waals surface area contributed by atoms with Gasteiger partial charge in [-0.3, -0.25) is 9.69 Å². The van der Waals surface area contributed by atoms with Gasteiger partial charge in [0.15, 0.2) is 11.5 Å². The van der Waals surface area contributed by atoms with E-state index in [2.05, 4.69) is 60.3 Å². The molecular weight excluding hydrogens is 402 g/mol. The molecule has 0 radical (unpaired) electrons. The molecule has 6 heteroatoms. The average molecular weight is 440 g/mol. The molecule has 1 fully saturated rings. The molecule has 0 bridgehead atoms. The maximum absolute atomic E-state index is 12.7. The van der Waals surface area contributed by atoms with Gasteiger partial charge in [0.2, 0.25) is 0 Å². The van der Waals surface area contributed by atoms with Crippen molar-refractivity contribution in [3.8, 4) is 11.5 Å². The van der Waals surface area contributed by atoms with Crippen LogP contribution in [0.5, 0.6) is 11.5 Å². The molecule has 2 aromatic rings. The van der Waals surface area contributed by atoms with Crippen LogP contribution in [0.1, 0.15) is 41.8 Å². The van der Waals surface area contributed by atoms with Gasteiger partial charge in [0.25, 0.3) is 5.91 Å². The highest BCUT2D eigenvalue weighted by Crippen LogP contribution is 2.28. The summed E-state index contributed by atoms with van der Waals surface area (Å²) in [6.45, 7) is 10.8. The summed E-state index contributed by atoms with van der Waals surface area (Å²) in [6, 6.07) is 13.8. The maximum Gasteiger partial charge on any atom is 0.251 e. The number of hydrogen-bond acceptors (Lipinski definition) is 5. The van der Waals surface area contributed by atoms with Gasteiger partial charge < -0.3 is 19.7 Å². The number of hydrogen-bond donors (Lipinski definition) is 1. The smallest absolute Gasteiger partial charge is 0.251 e. The van der Waals surface area contributed by atoms with Crippen LogP contribution < -0.4 is 14.8 Å². The number of carbonyl (C=O) groups excluding carboxylic acids is 1. The number of methoxy groups -OCH3 is 1. The molecule has 0 unspecified atom stereocenters. The zero-order chi connectivity index (χ0) is 22.9. The number of nitrogens with zero attached hydrogens (tertiary/aromatic N) is 2. The number of amides is 1. The molecule has 0 aliphatic carbocycles. The number of piperazine rings is 1. The van der Waals surface area contributed by atoms with E-state index in [1.54, 1.807) is 19.2 Å². The number of rotatable bonds is 10. The zero-order valence-electron chi connectivity index (χ0n) is 19.9. The molecule has 3 rings (SSSR count). The van der Waals surface area contributed by atoms with Crippen molar-refractivity contribution in [2.45, 2.75) is 33.4 Å². The molecule has 1 N–H and O–H groups in total. The van der Waals surface area contributed by atoms with Crippen LogP contribution in [0.3, 0.4) is 0 Å². The van der Waals surface area contributed by atoms with E-state index in [1.807, 2.05) is 6.07 Å². The highest BCUT2D eigenvalue weighted by Gasteiger charge is 2.14. The minimum absolute atomic E-state index is 0.124. The van der Waals surface area contributed by atoms with Gasteiger partial charge in [-0.05, 0) is 48.7 Å². The minimum atomic E-state index is -0.124. The predicted octanol–water partition coefficient (Wildman–Crippen LogP) is 3.80. The van der Waals surface area contributed by atoms with E-state index in [1.165, 1.54) is 5.56 Å². The predicted molar refractivity (Wildman–Crippen MR) is 128 cm³/mol. The lowest BCUT2D eigenvalue weighted by molar-refractivity contribution is 0.0950. The molecule has 1 heterocycles. The maximum atomic E-state index is 12.7. The van der Waals surface area contributed by atoms with Gasteiger partial charge in [-0.15, -0.1) is 0 Å². The van der Waals surface area contributed by atoms with Crippen molar-refractivity contribution in [1.82, 2.24) is 15.1 Å². The Morgan fingerprint density at radius 3 is 2.50 bits per heavy atom. The second-order valence-electron chi connectivity index (χ2n) is 8.98. The van der Waals surface area contributed by atoms with Crippen LogP contribution in [-0.2, 0) is 13.1 Å². The third-order valence-corrected chi connectivity index (χ3v) is 5.83. The van der Waals surface area contributed by atoms with E-state index in [9.17, 15) is 4.79 Å². The second kappa shape index (κ2) is 11.9. The number of likely N-dealkylation sites (N-methyl/N-ethyl adjacent to an activating group) is 1.